The van der Waals surface area contributed by atoms with Gasteiger partial charge in [-0.25, -0.2) is 0 Å². The van der Waals surface area contributed by atoms with Crippen LogP contribution in [0.1, 0.15) is 57.9 Å². The molecule has 0 fully saturated rings. The van der Waals surface area contributed by atoms with Gasteiger partial charge < -0.3 is 19.5 Å². The van der Waals surface area contributed by atoms with E-state index < -0.39 is 8.32 Å². The second-order valence-corrected chi connectivity index (χ2v) is 13.8. The van der Waals surface area contributed by atoms with Gasteiger partial charge in [0, 0.05) is 12.3 Å². The van der Waals surface area contributed by atoms with Gasteiger partial charge in [-0.1, -0.05) is 34.1 Å². The molecule has 1 atom stereocenters. The maximum absolute atomic E-state index is 13.2. The van der Waals surface area contributed by atoms with Crippen LogP contribution >= 0.6 is 0 Å². The van der Waals surface area contributed by atoms with Crippen molar-refractivity contribution in [2.24, 2.45) is 0 Å². The van der Waals surface area contributed by atoms with Gasteiger partial charge in [0.2, 0.25) is 5.43 Å². The molecule has 158 valence electrons. The average Bonchev–Trinajstić information content (AvgIpc) is 2.61. The molecule has 1 aromatic rings. The molecule has 7 nitrogen and oxygen atoms in total. The summed E-state index contributed by atoms with van der Waals surface area (Å²) in [5, 5.41) is 0.108. The van der Waals surface area contributed by atoms with E-state index in [1.54, 1.807) is 15.8 Å². The summed E-state index contributed by atoms with van der Waals surface area (Å²) < 4.78 is 13.6. The van der Waals surface area contributed by atoms with Crippen LogP contribution in [0.2, 0.25) is 18.1 Å². The molecule has 0 spiro atoms. The van der Waals surface area contributed by atoms with Crippen molar-refractivity contribution in [1.29, 1.82) is 0 Å². The Balaban J connectivity index is 2.19. The summed E-state index contributed by atoms with van der Waals surface area (Å²) in [5.74, 6) is -0.0926. The number of nitrogens with one attached hydrogen (secondary N) is 1. The van der Waals surface area contributed by atoms with E-state index in [9.17, 15) is 9.59 Å². The van der Waals surface area contributed by atoms with E-state index in [2.05, 4.69) is 46.2 Å². The number of carbonyl (C=O) groups is 1. The largest absolute Gasteiger partial charge is 0.487 e. The summed E-state index contributed by atoms with van der Waals surface area (Å²) in [5.41, 5.74) is 3.15. The number of nitrogens with zero attached hydrogens (tertiary/aromatic N) is 2. The van der Waals surface area contributed by atoms with Crippen LogP contribution in [0.15, 0.2) is 17.1 Å². The summed E-state index contributed by atoms with van der Waals surface area (Å²) in [4.78, 5) is 27.2. The molecule has 1 aliphatic heterocycles. The van der Waals surface area contributed by atoms with Gasteiger partial charge in [-0.2, -0.15) is 0 Å². The van der Waals surface area contributed by atoms with Gasteiger partial charge >= 0.3 is 0 Å². The summed E-state index contributed by atoms with van der Waals surface area (Å²) in [6.07, 6.45) is 3.36. The first-order valence-electron chi connectivity index (χ1n) is 10.1. The highest BCUT2D eigenvalue weighted by molar-refractivity contribution is 6.74. The second-order valence-electron chi connectivity index (χ2n) is 8.94. The minimum atomic E-state index is -1.90. The SMILES string of the molecule is CCCCOc1c2n(ccc1=O)NCN(C(C)CO[Si](C)(C)C(C)(C)C)C2=O. The lowest BCUT2D eigenvalue weighted by Gasteiger charge is -2.40. The van der Waals surface area contributed by atoms with Crippen molar-refractivity contribution in [1.82, 2.24) is 9.58 Å². The zero-order valence-electron chi connectivity index (χ0n) is 18.3. The molecule has 0 radical (unpaired) electrons. The Kier molecular flexibility index (Phi) is 6.98. The number of unbranched alkanes of at least 4 members (excludes halogenated alkanes) is 1. The number of fused-ring (bicyclic) bond motifs is 1. The summed E-state index contributed by atoms with van der Waals surface area (Å²) in [6, 6.07) is 1.30. The highest BCUT2D eigenvalue weighted by Crippen LogP contribution is 2.36. The highest BCUT2D eigenvalue weighted by Gasteiger charge is 2.38. The van der Waals surface area contributed by atoms with Gasteiger partial charge in [-0.15, -0.1) is 0 Å². The third-order valence-electron chi connectivity index (χ3n) is 5.70. The van der Waals surface area contributed by atoms with Crippen LogP contribution in [-0.4, -0.2) is 49.7 Å². The second kappa shape index (κ2) is 8.69. The number of pyridine rings is 1. The van der Waals surface area contributed by atoms with E-state index in [0.29, 0.717) is 19.9 Å². The van der Waals surface area contributed by atoms with Crippen LogP contribution in [0.25, 0.3) is 0 Å². The highest BCUT2D eigenvalue weighted by atomic mass is 28.4. The summed E-state index contributed by atoms with van der Waals surface area (Å²) in [6.45, 7) is 16.2. The lowest BCUT2D eigenvalue weighted by Crippen LogP contribution is -2.53. The summed E-state index contributed by atoms with van der Waals surface area (Å²) >= 11 is 0. The minimum absolute atomic E-state index is 0.108. The molecule has 2 heterocycles. The van der Waals surface area contributed by atoms with Crippen LogP contribution in [0.3, 0.4) is 0 Å². The number of hydrogen-bond acceptors (Lipinski definition) is 5. The predicted octanol–water partition coefficient (Wildman–Crippen LogP) is 3.39. The third kappa shape index (κ3) is 4.78. The van der Waals surface area contributed by atoms with E-state index in [1.807, 2.05) is 6.92 Å². The Labute approximate surface area is 169 Å². The molecule has 1 amide bonds. The molecule has 28 heavy (non-hydrogen) atoms. The van der Waals surface area contributed by atoms with E-state index in [1.165, 1.54) is 6.07 Å². The molecular weight excluding hydrogens is 374 g/mol. The fourth-order valence-electron chi connectivity index (χ4n) is 2.66. The molecule has 0 aliphatic carbocycles. The molecule has 0 saturated carbocycles. The van der Waals surface area contributed by atoms with E-state index in [0.717, 1.165) is 12.8 Å². The molecule has 0 bridgehead atoms. The molecular formula is C20H35N3O4Si. The molecule has 0 saturated heterocycles. The molecule has 8 heteroatoms. The lowest BCUT2D eigenvalue weighted by molar-refractivity contribution is 0.0589. The monoisotopic (exact) mass is 409 g/mol. The Morgan fingerprint density at radius 1 is 1.29 bits per heavy atom. The standard InChI is InChI=1S/C20H35N3O4Si/c1-8-9-12-26-18-16(24)10-11-23-17(18)19(25)22(14-21-23)15(2)13-27-28(6,7)20(3,4)5/h10-11,15,21H,8-9,12-14H2,1-7H3. The fourth-order valence-corrected chi connectivity index (χ4v) is 3.75. The van der Waals surface area contributed by atoms with Gasteiger partial charge in [-0.3, -0.25) is 14.3 Å². The van der Waals surface area contributed by atoms with Crippen molar-refractivity contribution in [2.45, 2.75) is 71.6 Å². The molecule has 1 aliphatic rings. The smallest absolute Gasteiger partial charge is 0.278 e. The van der Waals surface area contributed by atoms with Crippen molar-refractivity contribution in [2.75, 3.05) is 25.3 Å². The van der Waals surface area contributed by atoms with Crippen LogP contribution in [0.5, 0.6) is 5.75 Å². The van der Waals surface area contributed by atoms with Crippen molar-refractivity contribution in [3.05, 3.63) is 28.2 Å². The Morgan fingerprint density at radius 3 is 2.57 bits per heavy atom. The Bertz CT molecular complexity index is 755. The molecule has 1 N–H and O–H groups in total. The normalized spacial score (nSPS) is 15.8. The van der Waals surface area contributed by atoms with E-state index >= 15 is 0 Å². The molecule has 2 rings (SSSR count). The van der Waals surface area contributed by atoms with Gasteiger partial charge in [0.1, 0.15) is 6.67 Å². The number of ether oxygens (including phenoxy) is 1. The van der Waals surface area contributed by atoms with Crippen molar-refractivity contribution in [3.63, 3.8) is 0 Å². The third-order valence-corrected chi connectivity index (χ3v) is 10.2. The Hall–Kier alpha value is -1.80. The van der Waals surface area contributed by atoms with E-state index in [-0.39, 0.29) is 33.9 Å². The lowest BCUT2D eigenvalue weighted by atomic mass is 10.2. The molecule has 1 unspecified atom stereocenters. The van der Waals surface area contributed by atoms with Gasteiger partial charge in [-0.05, 0) is 31.5 Å². The zero-order chi connectivity index (χ0) is 21.1. The van der Waals surface area contributed by atoms with E-state index in [4.69, 9.17) is 9.16 Å². The van der Waals surface area contributed by atoms with Crippen LogP contribution in [0.4, 0.5) is 0 Å². The Morgan fingerprint density at radius 2 is 1.96 bits per heavy atom. The number of carbonyl (C=O) groups excluding carboxylic acids is 1. The minimum Gasteiger partial charge on any atom is -0.487 e. The van der Waals surface area contributed by atoms with Crippen molar-refractivity contribution >= 4 is 14.2 Å². The molecule has 0 aromatic carbocycles. The van der Waals surface area contributed by atoms with Crippen LogP contribution in [-0.2, 0) is 4.43 Å². The molecule has 1 aromatic heterocycles. The van der Waals surface area contributed by atoms with Gasteiger partial charge in [0.25, 0.3) is 5.91 Å². The zero-order valence-corrected chi connectivity index (χ0v) is 19.3. The first kappa shape index (κ1) is 22.5. The number of amides is 1. The van der Waals surface area contributed by atoms with Crippen molar-refractivity contribution in [3.8, 4) is 5.75 Å². The maximum Gasteiger partial charge on any atom is 0.278 e. The van der Waals surface area contributed by atoms with Crippen LogP contribution < -0.4 is 15.6 Å². The quantitative estimate of drug-likeness (QED) is 0.526. The predicted molar refractivity (Wildman–Crippen MR) is 114 cm³/mol. The van der Waals surface area contributed by atoms with Gasteiger partial charge in [0.05, 0.1) is 19.3 Å². The average molecular weight is 410 g/mol. The number of rotatable bonds is 8. The fraction of sp³-hybridized carbons (Fsp3) is 0.700. The number of hydrogen-bond donors (Lipinski definition) is 1. The maximum atomic E-state index is 13.2. The van der Waals surface area contributed by atoms with Crippen LogP contribution in [0, 0.1) is 0 Å². The first-order chi connectivity index (χ1) is 13.0. The van der Waals surface area contributed by atoms with Crippen molar-refractivity contribution < 1.29 is 14.0 Å². The summed E-state index contributed by atoms with van der Waals surface area (Å²) in [7, 11) is -1.90. The topological polar surface area (TPSA) is 72.8 Å². The first-order valence-corrected chi connectivity index (χ1v) is 13.0. The van der Waals surface area contributed by atoms with Gasteiger partial charge in [0.15, 0.2) is 19.8 Å². The number of aromatic nitrogens is 1.